The summed E-state index contributed by atoms with van der Waals surface area (Å²) in [6.07, 6.45) is 7.22. The van der Waals surface area contributed by atoms with E-state index in [-0.39, 0.29) is 6.10 Å². The van der Waals surface area contributed by atoms with E-state index in [1.165, 1.54) is 36.8 Å². The van der Waals surface area contributed by atoms with Crippen molar-refractivity contribution < 1.29 is 5.11 Å². The van der Waals surface area contributed by atoms with Gasteiger partial charge in [0, 0.05) is 17.4 Å². The Morgan fingerprint density at radius 1 is 1.25 bits per heavy atom. The van der Waals surface area contributed by atoms with Crippen LogP contribution >= 0.6 is 23.1 Å². The predicted molar refractivity (Wildman–Crippen MR) is 88.7 cm³/mol. The van der Waals surface area contributed by atoms with E-state index in [2.05, 4.69) is 11.1 Å². The second kappa shape index (κ2) is 6.92. The number of aromatic nitrogens is 1. The standard InChI is InChI=1S/C16H21NOS2/c18-12(11-19-13-6-2-1-3-7-13)10-16-17-14-8-4-5-9-15(14)20-16/h4-5,8-9,12-13,18H,1-3,6-7,10-11H2. The normalized spacial score (nSPS) is 18.4. The first-order chi connectivity index (χ1) is 9.81. The fourth-order valence-electron chi connectivity index (χ4n) is 2.75. The topological polar surface area (TPSA) is 33.1 Å². The van der Waals surface area contributed by atoms with Gasteiger partial charge in [0.2, 0.25) is 0 Å². The Morgan fingerprint density at radius 2 is 2.05 bits per heavy atom. The minimum atomic E-state index is -0.262. The van der Waals surface area contributed by atoms with Crippen LogP contribution in [0.3, 0.4) is 0 Å². The highest BCUT2D eigenvalue weighted by molar-refractivity contribution is 7.99. The molecule has 1 fully saturated rings. The molecular formula is C16H21NOS2. The second-order valence-electron chi connectivity index (χ2n) is 5.53. The fraction of sp³-hybridized carbons (Fsp3) is 0.562. The number of para-hydroxylation sites is 1. The van der Waals surface area contributed by atoms with Crippen LogP contribution in [0.4, 0.5) is 0 Å². The van der Waals surface area contributed by atoms with Crippen molar-refractivity contribution in [2.75, 3.05) is 5.75 Å². The molecule has 108 valence electrons. The van der Waals surface area contributed by atoms with Gasteiger partial charge in [0.1, 0.15) is 0 Å². The van der Waals surface area contributed by atoms with Crippen molar-refractivity contribution in [1.82, 2.24) is 4.98 Å². The van der Waals surface area contributed by atoms with Gasteiger partial charge < -0.3 is 5.11 Å². The van der Waals surface area contributed by atoms with E-state index < -0.39 is 0 Å². The Hall–Kier alpha value is -0.580. The molecule has 0 aliphatic heterocycles. The van der Waals surface area contributed by atoms with Gasteiger partial charge in [0.05, 0.1) is 21.3 Å². The Kier molecular flexibility index (Phi) is 4.97. The number of aliphatic hydroxyl groups excluding tert-OH is 1. The molecule has 2 aromatic rings. The number of thioether (sulfide) groups is 1. The first-order valence-corrected chi connectivity index (χ1v) is 9.32. The van der Waals surface area contributed by atoms with E-state index in [1.54, 1.807) is 11.3 Å². The van der Waals surface area contributed by atoms with Crippen LogP contribution in [0.1, 0.15) is 37.1 Å². The minimum absolute atomic E-state index is 0.262. The first-order valence-electron chi connectivity index (χ1n) is 7.45. The molecule has 2 nitrogen and oxygen atoms in total. The average Bonchev–Trinajstić information content (AvgIpc) is 2.88. The van der Waals surface area contributed by atoms with Crippen LogP contribution in [0.25, 0.3) is 10.2 Å². The molecule has 0 spiro atoms. The molecule has 0 bridgehead atoms. The Balaban J connectivity index is 1.51. The summed E-state index contributed by atoms with van der Waals surface area (Å²) in [6, 6.07) is 8.19. The molecule has 1 saturated carbocycles. The molecule has 1 unspecified atom stereocenters. The number of rotatable bonds is 5. The molecule has 1 aliphatic rings. The lowest BCUT2D eigenvalue weighted by molar-refractivity contribution is 0.200. The van der Waals surface area contributed by atoms with Gasteiger partial charge in [-0.3, -0.25) is 0 Å². The molecular weight excluding hydrogens is 286 g/mol. The van der Waals surface area contributed by atoms with Crippen molar-refractivity contribution in [3.05, 3.63) is 29.3 Å². The maximum absolute atomic E-state index is 10.2. The molecule has 0 radical (unpaired) electrons. The van der Waals surface area contributed by atoms with Crippen molar-refractivity contribution in [2.24, 2.45) is 0 Å². The molecule has 1 N–H and O–H groups in total. The van der Waals surface area contributed by atoms with E-state index in [0.717, 1.165) is 21.5 Å². The van der Waals surface area contributed by atoms with Gasteiger partial charge in [-0.05, 0) is 25.0 Å². The molecule has 3 rings (SSSR count). The second-order valence-corrected chi connectivity index (χ2v) is 7.98. The van der Waals surface area contributed by atoms with Gasteiger partial charge in [0.15, 0.2) is 0 Å². The smallest absolute Gasteiger partial charge is 0.0964 e. The minimum Gasteiger partial charge on any atom is -0.392 e. The number of fused-ring (bicyclic) bond motifs is 1. The number of nitrogens with zero attached hydrogens (tertiary/aromatic N) is 1. The summed E-state index contributed by atoms with van der Waals surface area (Å²) < 4.78 is 1.22. The lowest BCUT2D eigenvalue weighted by atomic mass is 10.0. The van der Waals surface area contributed by atoms with Crippen LogP contribution < -0.4 is 0 Å². The number of benzene rings is 1. The van der Waals surface area contributed by atoms with Gasteiger partial charge in [0.25, 0.3) is 0 Å². The van der Waals surface area contributed by atoms with Gasteiger partial charge in [-0.2, -0.15) is 11.8 Å². The number of hydrogen-bond acceptors (Lipinski definition) is 4. The molecule has 0 amide bonds. The van der Waals surface area contributed by atoms with Crippen molar-refractivity contribution in [3.63, 3.8) is 0 Å². The van der Waals surface area contributed by atoms with Crippen LogP contribution in [0.2, 0.25) is 0 Å². The summed E-state index contributed by atoms with van der Waals surface area (Å²) in [4.78, 5) is 4.60. The summed E-state index contributed by atoms with van der Waals surface area (Å²) in [6.45, 7) is 0. The average molecular weight is 307 g/mol. The number of aliphatic hydroxyl groups is 1. The lowest BCUT2D eigenvalue weighted by Crippen LogP contribution is -2.17. The Morgan fingerprint density at radius 3 is 2.85 bits per heavy atom. The van der Waals surface area contributed by atoms with E-state index >= 15 is 0 Å². The molecule has 1 aromatic carbocycles. The van der Waals surface area contributed by atoms with Gasteiger partial charge in [-0.15, -0.1) is 11.3 Å². The highest BCUT2D eigenvalue weighted by Crippen LogP contribution is 2.29. The molecule has 1 aliphatic carbocycles. The van der Waals surface area contributed by atoms with Crippen LogP contribution in [-0.4, -0.2) is 27.2 Å². The fourth-order valence-corrected chi connectivity index (χ4v) is 5.06. The Bertz CT molecular complexity index is 515. The Labute approximate surface area is 128 Å². The number of hydrogen-bond donors (Lipinski definition) is 1. The molecule has 0 saturated heterocycles. The number of thiazole rings is 1. The maximum Gasteiger partial charge on any atom is 0.0964 e. The molecule has 1 heterocycles. The van der Waals surface area contributed by atoms with Crippen molar-refractivity contribution in [1.29, 1.82) is 0 Å². The van der Waals surface area contributed by atoms with Gasteiger partial charge >= 0.3 is 0 Å². The van der Waals surface area contributed by atoms with Gasteiger partial charge in [-0.25, -0.2) is 4.98 Å². The summed E-state index contributed by atoms with van der Waals surface area (Å²) in [7, 11) is 0. The molecule has 20 heavy (non-hydrogen) atoms. The SMILES string of the molecule is OC(CSC1CCCCC1)Cc1nc2ccccc2s1. The van der Waals surface area contributed by atoms with E-state index in [1.807, 2.05) is 30.0 Å². The highest BCUT2D eigenvalue weighted by atomic mass is 32.2. The van der Waals surface area contributed by atoms with Crippen molar-refractivity contribution in [2.45, 2.75) is 49.9 Å². The quantitative estimate of drug-likeness (QED) is 0.895. The molecule has 1 aromatic heterocycles. The summed E-state index contributed by atoms with van der Waals surface area (Å²) in [5.41, 5.74) is 1.06. The zero-order chi connectivity index (χ0) is 13.8. The van der Waals surface area contributed by atoms with Crippen LogP contribution in [0.15, 0.2) is 24.3 Å². The predicted octanol–water partition coefficient (Wildman–Crippen LogP) is 4.27. The van der Waals surface area contributed by atoms with Gasteiger partial charge in [-0.1, -0.05) is 31.4 Å². The molecule has 1 atom stereocenters. The first kappa shape index (κ1) is 14.4. The van der Waals surface area contributed by atoms with Crippen LogP contribution in [0, 0.1) is 0 Å². The third-order valence-corrected chi connectivity index (χ3v) is 6.40. The zero-order valence-electron chi connectivity index (χ0n) is 11.6. The lowest BCUT2D eigenvalue weighted by Gasteiger charge is -2.22. The zero-order valence-corrected chi connectivity index (χ0v) is 13.3. The van der Waals surface area contributed by atoms with Crippen molar-refractivity contribution >= 4 is 33.3 Å². The van der Waals surface area contributed by atoms with Crippen LogP contribution in [0.5, 0.6) is 0 Å². The van der Waals surface area contributed by atoms with Crippen LogP contribution in [-0.2, 0) is 6.42 Å². The third-order valence-electron chi connectivity index (χ3n) is 3.82. The largest absolute Gasteiger partial charge is 0.392 e. The third kappa shape index (κ3) is 3.74. The van der Waals surface area contributed by atoms with E-state index in [0.29, 0.717) is 6.42 Å². The molecule has 4 heteroatoms. The van der Waals surface area contributed by atoms with E-state index in [9.17, 15) is 5.11 Å². The summed E-state index contributed by atoms with van der Waals surface area (Å²) in [5, 5.41) is 12.0. The highest BCUT2D eigenvalue weighted by Gasteiger charge is 2.16. The summed E-state index contributed by atoms with van der Waals surface area (Å²) in [5.74, 6) is 0.848. The van der Waals surface area contributed by atoms with Crippen molar-refractivity contribution in [3.8, 4) is 0 Å². The monoisotopic (exact) mass is 307 g/mol. The maximum atomic E-state index is 10.2. The summed E-state index contributed by atoms with van der Waals surface area (Å²) >= 11 is 3.67. The van der Waals surface area contributed by atoms with E-state index in [4.69, 9.17) is 0 Å².